The summed E-state index contributed by atoms with van der Waals surface area (Å²) in [5, 5.41) is 8.07. The Balaban J connectivity index is 3.31. The van der Waals surface area contributed by atoms with Crippen molar-refractivity contribution in [2.45, 2.75) is 38.3 Å². The molecule has 1 aromatic heterocycles. The molecule has 0 bridgehead atoms. The molecule has 0 aliphatic carbocycles. The fraction of sp³-hybridized carbons (Fsp3) is 0.818. The van der Waals surface area contributed by atoms with E-state index in [0.717, 1.165) is 23.1 Å². The third-order valence-electron chi connectivity index (χ3n) is 3.92. The van der Waals surface area contributed by atoms with E-state index in [-0.39, 0.29) is 11.6 Å². The van der Waals surface area contributed by atoms with Gasteiger partial charge in [-0.3, -0.25) is 5.84 Å². The number of hydrogen-bond donors (Lipinski definition) is 2. The number of nitrogens with one attached hydrogen (secondary N) is 1. The van der Waals surface area contributed by atoms with E-state index < -0.39 is 0 Å². The van der Waals surface area contributed by atoms with Gasteiger partial charge in [0.25, 0.3) is 0 Å². The Morgan fingerprint density at radius 2 is 2.00 bits per heavy atom. The van der Waals surface area contributed by atoms with Crippen LogP contribution in [-0.4, -0.2) is 39.5 Å². The van der Waals surface area contributed by atoms with Crippen molar-refractivity contribution in [2.75, 3.05) is 14.1 Å². The molecule has 0 aliphatic heterocycles. The molecule has 0 spiro atoms. The Kier molecular flexibility index (Phi) is 5.27. The van der Waals surface area contributed by atoms with Crippen LogP contribution < -0.4 is 11.3 Å². The number of aromatic nitrogens is 3. The highest BCUT2D eigenvalue weighted by Crippen LogP contribution is 2.37. The summed E-state index contributed by atoms with van der Waals surface area (Å²) < 4.78 is 2.50. The van der Waals surface area contributed by atoms with Crippen molar-refractivity contribution in [1.29, 1.82) is 0 Å². The van der Waals surface area contributed by atoms with E-state index >= 15 is 0 Å². The Labute approximate surface area is 117 Å². The minimum atomic E-state index is -0.0766. The van der Waals surface area contributed by atoms with Crippen LogP contribution in [-0.2, 0) is 7.05 Å². The second kappa shape index (κ2) is 6.10. The third kappa shape index (κ3) is 2.45. The number of halogens is 1. The maximum absolute atomic E-state index is 5.81. The van der Waals surface area contributed by atoms with Crippen molar-refractivity contribution in [3.8, 4) is 0 Å². The van der Waals surface area contributed by atoms with Crippen LogP contribution in [0, 0.1) is 0 Å². The Bertz CT molecular complexity index is 365. The van der Waals surface area contributed by atoms with Gasteiger partial charge < -0.3 is 4.90 Å². The van der Waals surface area contributed by atoms with E-state index in [1.165, 1.54) is 0 Å². The second-order valence-electron chi connectivity index (χ2n) is 4.69. The summed E-state index contributed by atoms with van der Waals surface area (Å²) in [6.45, 7) is 4.34. The second-order valence-corrected chi connectivity index (χ2v) is 5.45. The summed E-state index contributed by atoms with van der Waals surface area (Å²) in [5.41, 5.74) is 3.83. The highest BCUT2D eigenvalue weighted by molar-refractivity contribution is 9.10. The quantitative estimate of drug-likeness (QED) is 0.609. The van der Waals surface area contributed by atoms with Crippen LogP contribution in [0.2, 0.25) is 0 Å². The molecule has 18 heavy (non-hydrogen) atoms. The molecule has 1 unspecified atom stereocenters. The number of rotatable bonds is 6. The van der Waals surface area contributed by atoms with Gasteiger partial charge >= 0.3 is 0 Å². The summed E-state index contributed by atoms with van der Waals surface area (Å²) in [4.78, 5) is 2.22. The average Bonchev–Trinajstić information content (AvgIpc) is 2.66. The van der Waals surface area contributed by atoms with E-state index in [4.69, 9.17) is 5.84 Å². The predicted octanol–water partition coefficient (Wildman–Crippen LogP) is 1.20. The van der Waals surface area contributed by atoms with Crippen LogP contribution in [0.25, 0.3) is 0 Å². The van der Waals surface area contributed by atoms with Gasteiger partial charge in [0, 0.05) is 12.6 Å². The number of nitrogens with two attached hydrogens (primary N) is 1. The van der Waals surface area contributed by atoms with E-state index in [1.807, 2.05) is 7.05 Å². The first kappa shape index (κ1) is 15.6. The molecular formula is C11H23BrN6. The minimum absolute atomic E-state index is 0.0446. The van der Waals surface area contributed by atoms with Gasteiger partial charge in [-0.1, -0.05) is 19.1 Å². The van der Waals surface area contributed by atoms with Gasteiger partial charge in [-0.25, -0.2) is 10.1 Å². The SMILES string of the molecule is CCC(CC)(C(NN)c1c(Br)nnn1C)N(C)C. The molecule has 0 radical (unpaired) electrons. The topological polar surface area (TPSA) is 72.0 Å². The van der Waals surface area contributed by atoms with E-state index in [0.29, 0.717) is 0 Å². The molecule has 6 nitrogen and oxygen atoms in total. The fourth-order valence-corrected chi connectivity index (χ4v) is 3.24. The van der Waals surface area contributed by atoms with Crippen molar-refractivity contribution >= 4 is 15.9 Å². The van der Waals surface area contributed by atoms with Crippen LogP contribution in [0.15, 0.2) is 4.60 Å². The molecule has 7 heteroatoms. The molecular weight excluding hydrogens is 296 g/mol. The number of likely N-dealkylation sites (N-methyl/N-ethyl adjacent to an activating group) is 1. The van der Waals surface area contributed by atoms with Crippen LogP contribution in [0.4, 0.5) is 0 Å². The monoisotopic (exact) mass is 318 g/mol. The van der Waals surface area contributed by atoms with Crippen molar-refractivity contribution in [1.82, 2.24) is 25.3 Å². The summed E-state index contributed by atoms with van der Waals surface area (Å²) in [6.07, 6.45) is 1.95. The van der Waals surface area contributed by atoms with Crippen LogP contribution in [0.1, 0.15) is 38.4 Å². The Morgan fingerprint density at radius 3 is 2.28 bits per heavy atom. The first-order chi connectivity index (χ1) is 8.44. The molecule has 1 atom stereocenters. The Morgan fingerprint density at radius 1 is 1.44 bits per heavy atom. The Hall–Kier alpha value is -0.500. The van der Waals surface area contributed by atoms with Gasteiger partial charge in [0.05, 0.1) is 11.7 Å². The zero-order valence-electron chi connectivity index (χ0n) is 11.7. The lowest BCUT2D eigenvalue weighted by Crippen LogP contribution is -2.55. The van der Waals surface area contributed by atoms with Gasteiger partial charge in [-0.05, 0) is 42.9 Å². The minimum Gasteiger partial charge on any atom is -0.302 e. The van der Waals surface area contributed by atoms with Crippen LogP contribution in [0.3, 0.4) is 0 Å². The van der Waals surface area contributed by atoms with Gasteiger partial charge in [0.1, 0.15) is 0 Å². The lowest BCUT2D eigenvalue weighted by molar-refractivity contribution is 0.0842. The maximum Gasteiger partial charge on any atom is 0.153 e. The summed E-state index contributed by atoms with van der Waals surface area (Å²) in [7, 11) is 6.03. The predicted molar refractivity (Wildman–Crippen MR) is 75.8 cm³/mol. The lowest BCUT2D eigenvalue weighted by atomic mass is 9.82. The fourth-order valence-electron chi connectivity index (χ4n) is 2.68. The van der Waals surface area contributed by atoms with Gasteiger partial charge in [-0.15, -0.1) is 5.10 Å². The van der Waals surface area contributed by atoms with E-state index in [1.54, 1.807) is 4.68 Å². The molecule has 0 aliphatic rings. The summed E-state index contributed by atoms with van der Waals surface area (Å²) >= 11 is 3.45. The zero-order valence-corrected chi connectivity index (χ0v) is 13.3. The standard InChI is InChI=1S/C11H23BrN6/c1-6-11(7-2,17(3)4)9(14-13)8-10(12)15-16-18(8)5/h9,14H,6-7,13H2,1-5H3. The maximum atomic E-state index is 5.81. The molecule has 0 aromatic carbocycles. The van der Waals surface area contributed by atoms with Crippen molar-refractivity contribution in [3.05, 3.63) is 10.3 Å². The largest absolute Gasteiger partial charge is 0.302 e. The van der Waals surface area contributed by atoms with Crippen molar-refractivity contribution in [3.63, 3.8) is 0 Å². The number of aryl methyl sites for hydroxylation is 1. The molecule has 104 valence electrons. The summed E-state index contributed by atoms with van der Waals surface area (Å²) in [6, 6.07) is -0.0446. The zero-order chi connectivity index (χ0) is 13.9. The van der Waals surface area contributed by atoms with Crippen molar-refractivity contribution < 1.29 is 0 Å². The molecule has 0 saturated carbocycles. The smallest absolute Gasteiger partial charge is 0.153 e. The van der Waals surface area contributed by atoms with Gasteiger partial charge in [-0.2, -0.15) is 0 Å². The molecule has 1 heterocycles. The number of hydrogen-bond acceptors (Lipinski definition) is 5. The third-order valence-corrected chi connectivity index (χ3v) is 4.48. The average molecular weight is 319 g/mol. The number of nitrogens with zero attached hydrogens (tertiary/aromatic N) is 4. The normalized spacial score (nSPS) is 14.2. The molecule has 1 rings (SSSR count). The van der Waals surface area contributed by atoms with E-state index in [9.17, 15) is 0 Å². The summed E-state index contributed by atoms with van der Waals surface area (Å²) in [5.74, 6) is 5.81. The van der Waals surface area contributed by atoms with Crippen molar-refractivity contribution in [2.24, 2.45) is 12.9 Å². The molecule has 0 fully saturated rings. The van der Waals surface area contributed by atoms with Crippen LogP contribution >= 0.6 is 15.9 Å². The van der Waals surface area contributed by atoms with E-state index in [2.05, 4.69) is 64.5 Å². The molecule has 0 saturated heterocycles. The van der Waals surface area contributed by atoms with Gasteiger partial charge in [0.15, 0.2) is 4.60 Å². The number of hydrazine groups is 1. The molecule has 3 N–H and O–H groups in total. The van der Waals surface area contributed by atoms with Gasteiger partial charge in [0.2, 0.25) is 0 Å². The highest BCUT2D eigenvalue weighted by atomic mass is 79.9. The highest BCUT2D eigenvalue weighted by Gasteiger charge is 2.41. The molecule has 1 aromatic rings. The first-order valence-corrected chi connectivity index (χ1v) is 6.92. The van der Waals surface area contributed by atoms with Crippen LogP contribution in [0.5, 0.6) is 0 Å². The molecule has 0 amide bonds. The first-order valence-electron chi connectivity index (χ1n) is 6.13. The lowest BCUT2D eigenvalue weighted by Gasteiger charge is -2.44.